The largest absolute Gasteiger partial charge is 0.497 e. The van der Waals surface area contributed by atoms with E-state index >= 15 is 0 Å². The molecule has 8 heteroatoms. The summed E-state index contributed by atoms with van der Waals surface area (Å²) < 4.78 is 32.6. The van der Waals surface area contributed by atoms with Crippen molar-refractivity contribution < 1.29 is 17.9 Å². The highest BCUT2D eigenvalue weighted by molar-refractivity contribution is 7.89. The number of nitrogens with one attached hydrogen (secondary N) is 1. The van der Waals surface area contributed by atoms with Gasteiger partial charge in [-0.25, -0.2) is 8.42 Å². The zero-order valence-corrected chi connectivity index (χ0v) is 19.4. The smallest absolute Gasteiger partial charge is 0.243 e. The second kappa shape index (κ2) is 9.80. The maximum absolute atomic E-state index is 13.0. The summed E-state index contributed by atoms with van der Waals surface area (Å²) in [6.07, 6.45) is 0. The normalized spacial score (nSPS) is 16.8. The molecular weight excluding hydrogens is 414 g/mol. The molecular formula is C23H31N3O4S. The van der Waals surface area contributed by atoms with Crippen LogP contribution in [-0.4, -0.2) is 62.9 Å². The molecule has 2 aromatic rings. The second-order valence-electron chi connectivity index (χ2n) is 8.06. The van der Waals surface area contributed by atoms with E-state index in [4.69, 9.17) is 4.74 Å². The summed E-state index contributed by atoms with van der Waals surface area (Å²) in [7, 11) is -1.94. The van der Waals surface area contributed by atoms with Gasteiger partial charge in [0, 0.05) is 31.9 Å². The molecule has 0 bridgehead atoms. The SMILES string of the molecule is COc1ccc(NC(=O)[C@H](C)N2CCN(S(=O)(=O)c3ccc(C(C)C)cc3)CC2)cc1. The first kappa shape index (κ1) is 23.2. The zero-order valence-electron chi connectivity index (χ0n) is 18.5. The highest BCUT2D eigenvalue weighted by Gasteiger charge is 2.31. The quantitative estimate of drug-likeness (QED) is 0.708. The van der Waals surface area contributed by atoms with Crippen molar-refractivity contribution in [3.05, 3.63) is 54.1 Å². The summed E-state index contributed by atoms with van der Waals surface area (Å²) in [4.78, 5) is 15.0. The minimum absolute atomic E-state index is 0.120. The molecule has 1 atom stereocenters. The molecule has 1 saturated heterocycles. The molecule has 1 N–H and O–H groups in total. The van der Waals surface area contributed by atoms with Crippen LogP contribution >= 0.6 is 0 Å². The van der Waals surface area contributed by atoms with E-state index in [-0.39, 0.29) is 11.9 Å². The monoisotopic (exact) mass is 445 g/mol. The van der Waals surface area contributed by atoms with Crippen LogP contribution in [-0.2, 0) is 14.8 Å². The van der Waals surface area contributed by atoms with Crippen molar-refractivity contribution in [3.8, 4) is 5.75 Å². The average molecular weight is 446 g/mol. The molecule has 1 fully saturated rings. The Bertz CT molecular complexity index is 980. The van der Waals surface area contributed by atoms with Crippen molar-refractivity contribution in [1.82, 2.24) is 9.21 Å². The summed E-state index contributed by atoms with van der Waals surface area (Å²) >= 11 is 0. The lowest BCUT2D eigenvalue weighted by Gasteiger charge is -2.36. The molecule has 1 heterocycles. The number of piperazine rings is 1. The number of hydrogen-bond acceptors (Lipinski definition) is 5. The van der Waals surface area contributed by atoms with E-state index in [9.17, 15) is 13.2 Å². The Morgan fingerprint density at radius 1 is 0.935 bits per heavy atom. The van der Waals surface area contributed by atoms with Crippen LogP contribution in [0.25, 0.3) is 0 Å². The van der Waals surface area contributed by atoms with Gasteiger partial charge >= 0.3 is 0 Å². The van der Waals surface area contributed by atoms with Crippen LogP contribution in [0.2, 0.25) is 0 Å². The molecule has 1 aliphatic heterocycles. The number of carbonyl (C=O) groups is 1. The Kier molecular flexibility index (Phi) is 7.35. The molecule has 7 nitrogen and oxygen atoms in total. The van der Waals surface area contributed by atoms with Crippen molar-refractivity contribution in [2.24, 2.45) is 0 Å². The molecule has 0 radical (unpaired) electrons. The first-order valence-electron chi connectivity index (χ1n) is 10.5. The molecule has 31 heavy (non-hydrogen) atoms. The maximum atomic E-state index is 13.0. The third kappa shape index (κ3) is 5.44. The van der Waals surface area contributed by atoms with Gasteiger partial charge in [-0.1, -0.05) is 26.0 Å². The fraction of sp³-hybridized carbons (Fsp3) is 0.435. The molecule has 1 aliphatic rings. The highest BCUT2D eigenvalue weighted by atomic mass is 32.2. The lowest BCUT2D eigenvalue weighted by atomic mass is 10.0. The number of nitrogens with zero attached hydrogens (tertiary/aromatic N) is 2. The highest BCUT2D eigenvalue weighted by Crippen LogP contribution is 2.22. The van der Waals surface area contributed by atoms with Crippen LogP contribution in [0.5, 0.6) is 5.75 Å². The Hall–Kier alpha value is -2.42. The van der Waals surface area contributed by atoms with Crippen LogP contribution in [0.4, 0.5) is 5.69 Å². The van der Waals surface area contributed by atoms with E-state index in [0.29, 0.717) is 42.7 Å². The van der Waals surface area contributed by atoms with E-state index in [1.165, 1.54) is 4.31 Å². The molecule has 1 amide bonds. The molecule has 0 saturated carbocycles. The van der Waals surface area contributed by atoms with E-state index in [1.807, 2.05) is 24.0 Å². The van der Waals surface area contributed by atoms with Gasteiger partial charge in [0.05, 0.1) is 18.0 Å². The molecule has 168 valence electrons. The van der Waals surface area contributed by atoms with Crippen molar-refractivity contribution in [3.63, 3.8) is 0 Å². The molecule has 3 rings (SSSR count). The van der Waals surface area contributed by atoms with Gasteiger partial charge in [0.2, 0.25) is 15.9 Å². The predicted octanol–water partition coefficient (Wildman–Crippen LogP) is 3.15. The fourth-order valence-electron chi connectivity index (χ4n) is 3.59. The Balaban J connectivity index is 1.57. The maximum Gasteiger partial charge on any atom is 0.243 e. The lowest BCUT2D eigenvalue weighted by molar-refractivity contribution is -0.121. The van der Waals surface area contributed by atoms with E-state index in [1.54, 1.807) is 43.5 Å². The predicted molar refractivity (Wildman–Crippen MR) is 122 cm³/mol. The van der Waals surface area contributed by atoms with Crippen molar-refractivity contribution >= 4 is 21.6 Å². The number of carbonyl (C=O) groups excluding carboxylic acids is 1. The molecule has 0 spiro atoms. The van der Waals surface area contributed by atoms with Crippen LogP contribution in [0.15, 0.2) is 53.4 Å². The topological polar surface area (TPSA) is 79.0 Å². The molecule has 0 aromatic heterocycles. The van der Waals surface area contributed by atoms with Crippen molar-refractivity contribution in [2.45, 2.75) is 37.6 Å². The van der Waals surface area contributed by atoms with Crippen LogP contribution in [0, 0.1) is 0 Å². The molecule has 2 aromatic carbocycles. The van der Waals surface area contributed by atoms with Gasteiger partial charge in [-0.3, -0.25) is 9.69 Å². The van der Waals surface area contributed by atoms with Crippen molar-refractivity contribution in [2.75, 3.05) is 38.6 Å². The number of ether oxygens (including phenoxy) is 1. The Morgan fingerprint density at radius 3 is 2.03 bits per heavy atom. The van der Waals surface area contributed by atoms with Crippen LogP contribution in [0.1, 0.15) is 32.3 Å². The summed E-state index contributed by atoms with van der Waals surface area (Å²) in [5.41, 5.74) is 1.81. The van der Waals surface area contributed by atoms with Crippen molar-refractivity contribution in [1.29, 1.82) is 0 Å². The van der Waals surface area contributed by atoms with E-state index in [0.717, 1.165) is 11.3 Å². The Labute approximate surface area is 185 Å². The second-order valence-corrected chi connectivity index (χ2v) is 10.00. The van der Waals surface area contributed by atoms with Gasteiger partial charge in [0.15, 0.2) is 0 Å². The first-order chi connectivity index (χ1) is 14.7. The summed E-state index contributed by atoms with van der Waals surface area (Å²) in [5, 5.41) is 2.90. The number of anilines is 1. The first-order valence-corrected chi connectivity index (χ1v) is 12.0. The van der Waals surface area contributed by atoms with E-state index < -0.39 is 10.0 Å². The van der Waals surface area contributed by atoms with Gasteiger partial charge < -0.3 is 10.1 Å². The summed E-state index contributed by atoms with van der Waals surface area (Å²) in [6.45, 7) is 7.71. The molecule has 0 aliphatic carbocycles. The average Bonchev–Trinajstić information content (AvgIpc) is 2.79. The Morgan fingerprint density at radius 2 is 1.52 bits per heavy atom. The van der Waals surface area contributed by atoms with Crippen LogP contribution in [0.3, 0.4) is 0 Å². The van der Waals surface area contributed by atoms with Gasteiger partial charge in [-0.2, -0.15) is 4.31 Å². The summed E-state index contributed by atoms with van der Waals surface area (Å²) in [6, 6.07) is 13.9. The number of hydrogen-bond donors (Lipinski definition) is 1. The zero-order chi connectivity index (χ0) is 22.6. The number of rotatable bonds is 7. The third-order valence-corrected chi connectivity index (χ3v) is 7.66. The van der Waals surface area contributed by atoms with Gasteiger partial charge in [-0.05, 0) is 54.8 Å². The minimum Gasteiger partial charge on any atom is -0.497 e. The van der Waals surface area contributed by atoms with Gasteiger partial charge in [0.1, 0.15) is 5.75 Å². The van der Waals surface area contributed by atoms with Gasteiger partial charge in [0.25, 0.3) is 0 Å². The third-order valence-electron chi connectivity index (χ3n) is 5.74. The summed E-state index contributed by atoms with van der Waals surface area (Å²) in [5.74, 6) is 0.957. The van der Waals surface area contributed by atoms with Gasteiger partial charge in [-0.15, -0.1) is 0 Å². The number of amides is 1. The van der Waals surface area contributed by atoms with E-state index in [2.05, 4.69) is 19.2 Å². The number of methoxy groups -OCH3 is 1. The fourth-order valence-corrected chi connectivity index (χ4v) is 5.01. The standard InChI is InChI=1S/C23H31N3O4S/c1-17(2)19-5-11-22(12-6-19)31(28,29)26-15-13-25(14-16-26)18(3)23(27)24-20-7-9-21(30-4)10-8-20/h5-12,17-18H,13-16H2,1-4H3,(H,24,27)/t18-/m0/s1. The minimum atomic E-state index is -3.53. The lowest BCUT2D eigenvalue weighted by Crippen LogP contribution is -2.53. The molecule has 0 unspecified atom stereocenters. The number of sulfonamides is 1. The van der Waals surface area contributed by atoms with Crippen LogP contribution < -0.4 is 10.1 Å². The number of benzene rings is 2.